The van der Waals surface area contributed by atoms with Crippen LogP contribution in [0.1, 0.15) is 22.5 Å². The van der Waals surface area contributed by atoms with Crippen LogP contribution in [0.3, 0.4) is 0 Å². The molecule has 0 radical (unpaired) electrons. The normalized spacial score (nSPS) is 11.4. The summed E-state index contributed by atoms with van der Waals surface area (Å²) in [6.07, 6.45) is 5.02. The zero-order valence-corrected chi connectivity index (χ0v) is 16.6. The molecule has 4 aromatic rings. The van der Waals surface area contributed by atoms with E-state index in [-0.39, 0.29) is 5.91 Å². The molecule has 0 saturated carbocycles. The Morgan fingerprint density at radius 1 is 1.11 bits per heavy atom. The second-order valence-corrected chi connectivity index (χ2v) is 7.66. The zero-order valence-electron chi connectivity index (χ0n) is 15.8. The Morgan fingerprint density at radius 3 is 2.64 bits per heavy atom. The standard InChI is InChI=1S/C23H20N2O2S/c1-16-13-20-21(14-17(16)2)28-23(24-20)25(15-19-9-6-12-27-19)22(26)11-10-18-7-4-3-5-8-18/h3-14H,15H2,1-2H3/b11-10+. The summed E-state index contributed by atoms with van der Waals surface area (Å²) in [6.45, 7) is 4.49. The van der Waals surface area contributed by atoms with Crippen molar-refractivity contribution in [3.8, 4) is 0 Å². The second kappa shape index (κ2) is 7.82. The van der Waals surface area contributed by atoms with Gasteiger partial charge in [-0.05, 0) is 60.9 Å². The number of anilines is 1. The van der Waals surface area contributed by atoms with E-state index in [0.29, 0.717) is 17.4 Å². The summed E-state index contributed by atoms with van der Waals surface area (Å²) in [6, 6.07) is 17.7. The molecule has 28 heavy (non-hydrogen) atoms. The molecule has 1 amide bonds. The molecule has 2 aromatic carbocycles. The van der Waals surface area contributed by atoms with Gasteiger partial charge in [-0.25, -0.2) is 4.98 Å². The van der Waals surface area contributed by atoms with E-state index >= 15 is 0 Å². The Labute approximate surface area is 167 Å². The number of aryl methyl sites for hydroxylation is 2. The second-order valence-electron chi connectivity index (χ2n) is 6.65. The van der Waals surface area contributed by atoms with Gasteiger partial charge in [0.15, 0.2) is 5.13 Å². The van der Waals surface area contributed by atoms with Gasteiger partial charge in [0.2, 0.25) is 0 Å². The van der Waals surface area contributed by atoms with Crippen molar-refractivity contribution in [2.24, 2.45) is 0 Å². The van der Waals surface area contributed by atoms with E-state index in [1.54, 1.807) is 17.2 Å². The van der Waals surface area contributed by atoms with Crippen LogP contribution in [0.2, 0.25) is 0 Å². The van der Waals surface area contributed by atoms with Gasteiger partial charge < -0.3 is 4.42 Å². The average Bonchev–Trinajstić information content (AvgIpc) is 3.35. The molecular weight excluding hydrogens is 368 g/mol. The number of amides is 1. The molecular formula is C23H20N2O2S. The number of nitrogens with zero attached hydrogens (tertiary/aromatic N) is 2. The lowest BCUT2D eigenvalue weighted by Gasteiger charge is -2.16. The molecule has 0 fully saturated rings. The van der Waals surface area contributed by atoms with Crippen molar-refractivity contribution in [2.45, 2.75) is 20.4 Å². The lowest BCUT2D eigenvalue weighted by molar-refractivity contribution is -0.114. The van der Waals surface area contributed by atoms with Crippen LogP contribution in [-0.4, -0.2) is 10.9 Å². The quantitative estimate of drug-likeness (QED) is 0.409. The topological polar surface area (TPSA) is 46.3 Å². The van der Waals surface area contributed by atoms with Crippen molar-refractivity contribution < 1.29 is 9.21 Å². The summed E-state index contributed by atoms with van der Waals surface area (Å²) in [5.41, 5.74) is 4.30. The highest BCUT2D eigenvalue weighted by molar-refractivity contribution is 7.22. The maximum Gasteiger partial charge on any atom is 0.253 e. The van der Waals surface area contributed by atoms with Gasteiger partial charge in [0.05, 0.1) is 23.0 Å². The number of carbonyl (C=O) groups is 1. The zero-order chi connectivity index (χ0) is 19.5. The van der Waals surface area contributed by atoms with Crippen LogP contribution in [0.15, 0.2) is 71.4 Å². The van der Waals surface area contributed by atoms with Crippen molar-refractivity contribution in [1.82, 2.24) is 4.98 Å². The van der Waals surface area contributed by atoms with Gasteiger partial charge in [-0.1, -0.05) is 41.7 Å². The van der Waals surface area contributed by atoms with Crippen molar-refractivity contribution in [3.05, 3.63) is 89.4 Å². The number of fused-ring (bicyclic) bond motifs is 1. The molecule has 2 heterocycles. The van der Waals surface area contributed by atoms with Crippen LogP contribution in [-0.2, 0) is 11.3 Å². The Hall–Kier alpha value is -3.18. The first-order chi connectivity index (χ1) is 13.6. The molecule has 140 valence electrons. The van der Waals surface area contributed by atoms with E-state index in [9.17, 15) is 4.79 Å². The van der Waals surface area contributed by atoms with E-state index < -0.39 is 0 Å². The number of thiazole rings is 1. The van der Waals surface area contributed by atoms with Crippen LogP contribution in [0.4, 0.5) is 5.13 Å². The van der Waals surface area contributed by atoms with Gasteiger partial charge in [0, 0.05) is 6.08 Å². The lowest BCUT2D eigenvalue weighted by Crippen LogP contribution is -2.28. The van der Waals surface area contributed by atoms with Crippen LogP contribution in [0.25, 0.3) is 16.3 Å². The highest BCUT2D eigenvalue weighted by Crippen LogP contribution is 2.32. The molecule has 0 N–H and O–H groups in total. The third-order valence-electron chi connectivity index (χ3n) is 4.60. The number of hydrogen-bond acceptors (Lipinski definition) is 4. The third-order valence-corrected chi connectivity index (χ3v) is 5.64. The molecule has 0 aliphatic heterocycles. The molecule has 0 bridgehead atoms. The number of hydrogen-bond donors (Lipinski definition) is 0. The highest BCUT2D eigenvalue weighted by atomic mass is 32.1. The predicted octanol–water partition coefficient (Wildman–Crippen LogP) is 5.75. The van der Waals surface area contributed by atoms with Crippen LogP contribution in [0.5, 0.6) is 0 Å². The summed E-state index contributed by atoms with van der Waals surface area (Å²) in [5, 5.41) is 0.666. The third kappa shape index (κ3) is 3.89. The van der Waals surface area contributed by atoms with E-state index in [4.69, 9.17) is 9.40 Å². The number of aromatic nitrogens is 1. The summed E-state index contributed by atoms with van der Waals surface area (Å²) in [5.74, 6) is 0.584. The fourth-order valence-corrected chi connectivity index (χ4v) is 3.95. The van der Waals surface area contributed by atoms with Crippen molar-refractivity contribution in [1.29, 1.82) is 0 Å². The highest BCUT2D eigenvalue weighted by Gasteiger charge is 2.20. The first kappa shape index (κ1) is 18.2. The SMILES string of the molecule is Cc1cc2nc(N(Cc3ccco3)C(=O)/C=C/c3ccccc3)sc2cc1C. The van der Waals surface area contributed by atoms with Gasteiger partial charge >= 0.3 is 0 Å². The van der Waals surface area contributed by atoms with Crippen LogP contribution >= 0.6 is 11.3 Å². The van der Waals surface area contributed by atoms with Gasteiger partial charge in [0.25, 0.3) is 5.91 Å². The first-order valence-electron chi connectivity index (χ1n) is 9.05. The maximum atomic E-state index is 13.0. The smallest absolute Gasteiger partial charge is 0.253 e. The van der Waals surface area contributed by atoms with E-state index in [1.807, 2.05) is 48.5 Å². The molecule has 4 nitrogen and oxygen atoms in total. The van der Waals surface area contributed by atoms with Crippen LogP contribution in [0, 0.1) is 13.8 Å². The number of furan rings is 1. The molecule has 4 rings (SSSR count). The largest absolute Gasteiger partial charge is 0.467 e. The summed E-state index contributed by atoms with van der Waals surface area (Å²) >= 11 is 1.52. The van der Waals surface area contributed by atoms with Crippen molar-refractivity contribution in [2.75, 3.05) is 4.90 Å². The van der Waals surface area contributed by atoms with Gasteiger partial charge in [-0.3, -0.25) is 9.69 Å². The lowest BCUT2D eigenvalue weighted by atomic mass is 10.1. The molecule has 2 aromatic heterocycles. The van der Waals surface area contributed by atoms with Crippen LogP contribution < -0.4 is 4.90 Å². The minimum absolute atomic E-state index is 0.132. The fraction of sp³-hybridized carbons (Fsp3) is 0.130. The number of rotatable bonds is 5. The fourth-order valence-electron chi connectivity index (χ4n) is 2.90. The molecule has 0 atom stereocenters. The van der Waals surface area contributed by atoms with Gasteiger partial charge in [0.1, 0.15) is 5.76 Å². The molecule has 0 aliphatic carbocycles. The minimum Gasteiger partial charge on any atom is -0.467 e. The van der Waals surface area contributed by atoms with Crippen molar-refractivity contribution >= 4 is 38.7 Å². The first-order valence-corrected chi connectivity index (χ1v) is 9.86. The Kier molecular flexibility index (Phi) is 5.08. The molecule has 5 heteroatoms. The van der Waals surface area contributed by atoms with E-state index in [1.165, 1.54) is 22.5 Å². The number of benzene rings is 2. The Bertz CT molecular complexity index is 1090. The summed E-state index contributed by atoms with van der Waals surface area (Å²) < 4.78 is 6.54. The van der Waals surface area contributed by atoms with Gasteiger partial charge in [-0.15, -0.1) is 0 Å². The van der Waals surface area contributed by atoms with Crippen molar-refractivity contribution in [3.63, 3.8) is 0 Å². The molecule has 0 unspecified atom stereocenters. The summed E-state index contributed by atoms with van der Waals surface area (Å²) in [7, 11) is 0. The average molecular weight is 388 g/mol. The summed E-state index contributed by atoms with van der Waals surface area (Å²) in [4.78, 5) is 19.4. The molecule has 0 saturated heterocycles. The van der Waals surface area contributed by atoms with Gasteiger partial charge in [-0.2, -0.15) is 0 Å². The van der Waals surface area contributed by atoms with E-state index in [0.717, 1.165) is 15.8 Å². The van der Waals surface area contributed by atoms with E-state index in [2.05, 4.69) is 26.0 Å². The Morgan fingerprint density at radius 2 is 1.89 bits per heavy atom. The predicted molar refractivity (Wildman–Crippen MR) is 114 cm³/mol. The number of carbonyl (C=O) groups excluding carboxylic acids is 1. The minimum atomic E-state index is -0.132. The maximum absolute atomic E-state index is 13.0. The molecule has 0 aliphatic rings. The Balaban J connectivity index is 1.69. The monoisotopic (exact) mass is 388 g/mol. The molecule has 0 spiro atoms.